The molecule has 42 heavy (non-hydrogen) atoms. The lowest BCUT2D eigenvalue weighted by atomic mass is 10.2. The van der Waals surface area contributed by atoms with Crippen molar-refractivity contribution in [2.45, 2.75) is 33.5 Å². The number of carbonyl (C=O) groups excluding carboxylic acids is 2. The van der Waals surface area contributed by atoms with Crippen molar-refractivity contribution in [3.05, 3.63) is 119 Å². The van der Waals surface area contributed by atoms with Crippen LogP contribution in [0.4, 0.5) is 0 Å². The van der Waals surface area contributed by atoms with Crippen LogP contribution in [0.2, 0.25) is 5.02 Å². The van der Waals surface area contributed by atoms with Gasteiger partial charge in [0.1, 0.15) is 11.5 Å². The second-order valence-corrected chi connectivity index (χ2v) is 11.1. The van der Waals surface area contributed by atoms with Gasteiger partial charge < -0.3 is 23.8 Å². The molecule has 0 bridgehead atoms. The van der Waals surface area contributed by atoms with Gasteiger partial charge in [0, 0.05) is 36.5 Å². The molecule has 220 valence electrons. The predicted molar refractivity (Wildman–Crippen MR) is 166 cm³/mol. The Morgan fingerprint density at radius 2 is 1.55 bits per heavy atom. The fourth-order valence-corrected chi connectivity index (χ4v) is 4.80. The summed E-state index contributed by atoms with van der Waals surface area (Å²) < 4.78 is 13.2. The fraction of sp³-hybridized carbons (Fsp3) is 0.294. The third-order valence-corrected chi connectivity index (χ3v) is 7.02. The molecule has 2 amide bonds. The molecule has 0 radical (unpaired) electrons. The topological polar surface area (TPSA) is 64.0 Å². The SMILES string of the molecule is COc1cccc(Cn2cccc2CN(Cc2ccccc2)C(=O)CN(CC(C)C)C(=O)COc2ccc(Cl)cc2)c1. The molecule has 0 unspecified atom stereocenters. The number of benzene rings is 3. The van der Waals surface area contributed by atoms with Gasteiger partial charge in [-0.3, -0.25) is 9.59 Å². The molecule has 0 aliphatic heterocycles. The van der Waals surface area contributed by atoms with Gasteiger partial charge in [0.25, 0.3) is 5.91 Å². The minimum Gasteiger partial charge on any atom is -0.497 e. The van der Waals surface area contributed by atoms with Gasteiger partial charge in [-0.1, -0.05) is 67.9 Å². The Morgan fingerprint density at radius 3 is 2.26 bits per heavy atom. The van der Waals surface area contributed by atoms with Gasteiger partial charge in [0.15, 0.2) is 6.61 Å². The van der Waals surface area contributed by atoms with Crippen molar-refractivity contribution < 1.29 is 19.1 Å². The molecule has 7 nitrogen and oxygen atoms in total. The number of ether oxygens (including phenoxy) is 2. The first-order valence-corrected chi connectivity index (χ1v) is 14.4. The number of rotatable bonds is 14. The smallest absolute Gasteiger partial charge is 0.260 e. The third kappa shape index (κ3) is 9.14. The van der Waals surface area contributed by atoms with Crippen LogP contribution in [0.5, 0.6) is 11.5 Å². The van der Waals surface area contributed by atoms with E-state index in [4.69, 9.17) is 21.1 Å². The van der Waals surface area contributed by atoms with Gasteiger partial charge >= 0.3 is 0 Å². The van der Waals surface area contributed by atoms with Crippen molar-refractivity contribution in [3.63, 3.8) is 0 Å². The third-order valence-electron chi connectivity index (χ3n) is 6.77. The summed E-state index contributed by atoms with van der Waals surface area (Å²) in [5.41, 5.74) is 3.11. The molecule has 0 fully saturated rings. The number of aromatic nitrogens is 1. The number of amides is 2. The zero-order valence-corrected chi connectivity index (χ0v) is 25.2. The van der Waals surface area contributed by atoms with E-state index in [1.807, 2.05) is 85.6 Å². The molecular formula is C34H38ClN3O4. The van der Waals surface area contributed by atoms with Crippen molar-refractivity contribution in [3.8, 4) is 11.5 Å². The molecule has 0 saturated carbocycles. The molecule has 8 heteroatoms. The summed E-state index contributed by atoms with van der Waals surface area (Å²) in [6.45, 7) is 5.77. The lowest BCUT2D eigenvalue weighted by molar-refractivity contribution is -0.142. The minimum atomic E-state index is -0.243. The minimum absolute atomic E-state index is 0.0373. The zero-order valence-electron chi connectivity index (χ0n) is 24.4. The monoisotopic (exact) mass is 587 g/mol. The van der Waals surface area contributed by atoms with Gasteiger partial charge in [-0.25, -0.2) is 0 Å². The predicted octanol–water partition coefficient (Wildman–Crippen LogP) is 6.29. The number of hydrogen-bond donors (Lipinski definition) is 0. The number of nitrogens with zero attached hydrogens (tertiary/aromatic N) is 3. The fourth-order valence-electron chi connectivity index (χ4n) is 4.67. The molecule has 3 aromatic carbocycles. The van der Waals surface area contributed by atoms with E-state index in [1.165, 1.54) is 0 Å². The summed E-state index contributed by atoms with van der Waals surface area (Å²) in [7, 11) is 1.66. The Bertz CT molecular complexity index is 1440. The van der Waals surface area contributed by atoms with Gasteiger partial charge in [-0.15, -0.1) is 0 Å². The van der Waals surface area contributed by atoms with Gasteiger partial charge in [0.05, 0.1) is 20.2 Å². The highest BCUT2D eigenvalue weighted by molar-refractivity contribution is 6.30. The highest BCUT2D eigenvalue weighted by Gasteiger charge is 2.24. The molecule has 0 spiro atoms. The molecule has 1 aromatic heterocycles. The van der Waals surface area contributed by atoms with E-state index in [1.54, 1.807) is 36.3 Å². The summed E-state index contributed by atoms with van der Waals surface area (Å²) in [4.78, 5) is 30.5. The number of hydrogen-bond acceptors (Lipinski definition) is 4. The Balaban J connectivity index is 1.50. The van der Waals surface area contributed by atoms with Crippen molar-refractivity contribution in [1.29, 1.82) is 0 Å². The summed E-state index contributed by atoms with van der Waals surface area (Å²) in [5.74, 6) is 1.16. The molecule has 0 aliphatic rings. The second kappa shape index (κ2) is 15.1. The van der Waals surface area contributed by atoms with Crippen LogP contribution in [-0.4, -0.2) is 53.0 Å². The Labute approximate surface area is 253 Å². The van der Waals surface area contributed by atoms with Crippen LogP contribution in [-0.2, 0) is 29.2 Å². The van der Waals surface area contributed by atoms with Crippen molar-refractivity contribution in [2.24, 2.45) is 5.92 Å². The molecule has 0 saturated heterocycles. The standard InChI is InChI=1S/C34H38ClN3O4/c1-26(2)20-37(34(40)25-42-31-16-14-29(35)15-17-31)24-33(39)38(21-27-9-5-4-6-10-27)23-30-12-8-18-36(30)22-28-11-7-13-32(19-28)41-3/h4-19,26H,20-25H2,1-3H3. The first kappa shape index (κ1) is 30.7. The normalized spacial score (nSPS) is 10.9. The van der Waals surface area contributed by atoms with Crippen molar-refractivity contribution >= 4 is 23.4 Å². The van der Waals surface area contributed by atoms with Gasteiger partial charge in [-0.05, 0) is 65.6 Å². The quantitative estimate of drug-likeness (QED) is 0.174. The first-order valence-electron chi connectivity index (χ1n) is 14.1. The number of halogens is 1. The van der Waals surface area contributed by atoms with E-state index in [0.717, 1.165) is 22.6 Å². The maximum absolute atomic E-state index is 13.9. The van der Waals surface area contributed by atoms with Crippen molar-refractivity contribution in [2.75, 3.05) is 26.8 Å². The van der Waals surface area contributed by atoms with Crippen molar-refractivity contribution in [1.82, 2.24) is 14.4 Å². The lowest BCUT2D eigenvalue weighted by Gasteiger charge is -2.29. The average Bonchev–Trinajstić information content (AvgIpc) is 3.42. The number of methoxy groups -OCH3 is 1. The summed E-state index contributed by atoms with van der Waals surface area (Å²) >= 11 is 5.96. The van der Waals surface area contributed by atoms with E-state index in [9.17, 15) is 9.59 Å². The van der Waals surface area contributed by atoms with Crippen LogP contribution in [0.3, 0.4) is 0 Å². The lowest BCUT2D eigenvalue weighted by Crippen LogP contribution is -2.45. The highest BCUT2D eigenvalue weighted by Crippen LogP contribution is 2.18. The summed E-state index contributed by atoms with van der Waals surface area (Å²) in [5, 5.41) is 0.592. The maximum Gasteiger partial charge on any atom is 0.260 e. The Hall–Kier alpha value is -4.23. The second-order valence-electron chi connectivity index (χ2n) is 10.6. The van der Waals surface area contributed by atoms with Crippen LogP contribution in [0, 0.1) is 5.92 Å². The van der Waals surface area contributed by atoms with Crippen LogP contribution in [0.1, 0.15) is 30.7 Å². The summed E-state index contributed by atoms with van der Waals surface area (Å²) in [6, 6.07) is 28.7. The van der Waals surface area contributed by atoms with Gasteiger partial charge in [0.2, 0.25) is 5.91 Å². The Kier molecular flexibility index (Phi) is 11.1. The van der Waals surface area contributed by atoms with E-state index < -0.39 is 0 Å². The molecule has 0 aliphatic carbocycles. The molecule has 4 aromatic rings. The Morgan fingerprint density at radius 1 is 0.810 bits per heavy atom. The average molecular weight is 588 g/mol. The molecular weight excluding hydrogens is 550 g/mol. The van der Waals surface area contributed by atoms with Crippen LogP contribution >= 0.6 is 11.6 Å². The zero-order chi connectivity index (χ0) is 29.9. The largest absolute Gasteiger partial charge is 0.497 e. The molecule has 4 rings (SSSR count). The molecule has 0 N–H and O–H groups in total. The van der Waals surface area contributed by atoms with E-state index in [0.29, 0.717) is 37.0 Å². The summed E-state index contributed by atoms with van der Waals surface area (Å²) in [6.07, 6.45) is 2.02. The van der Waals surface area contributed by atoms with E-state index in [2.05, 4.69) is 10.6 Å². The van der Waals surface area contributed by atoms with Crippen LogP contribution in [0.15, 0.2) is 97.2 Å². The van der Waals surface area contributed by atoms with Crippen LogP contribution in [0.25, 0.3) is 0 Å². The first-order chi connectivity index (χ1) is 20.3. The van der Waals surface area contributed by atoms with E-state index in [-0.39, 0.29) is 30.9 Å². The number of carbonyl (C=O) groups is 2. The maximum atomic E-state index is 13.9. The molecule has 0 atom stereocenters. The highest BCUT2D eigenvalue weighted by atomic mass is 35.5. The molecule has 1 heterocycles. The van der Waals surface area contributed by atoms with Gasteiger partial charge in [-0.2, -0.15) is 0 Å². The van der Waals surface area contributed by atoms with Crippen LogP contribution < -0.4 is 9.47 Å². The van der Waals surface area contributed by atoms with E-state index >= 15 is 0 Å².